The van der Waals surface area contributed by atoms with E-state index in [9.17, 15) is 8.42 Å². The van der Waals surface area contributed by atoms with Gasteiger partial charge in [0.2, 0.25) is 10.0 Å². The first-order valence-electron chi connectivity index (χ1n) is 5.02. The van der Waals surface area contributed by atoms with Gasteiger partial charge in [0.25, 0.3) is 0 Å². The van der Waals surface area contributed by atoms with Gasteiger partial charge < -0.3 is 5.73 Å². The molecule has 0 heterocycles. The lowest BCUT2D eigenvalue weighted by Gasteiger charge is -2.21. The topological polar surface area (TPSA) is 72.2 Å². The van der Waals surface area contributed by atoms with Crippen molar-refractivity contribution in [3.8, 4) is 0 Å². The van der Waals surface area contributed by atoms with E-state index in [2.05, 4.69) is 4.72 Å². The summed E-state index contributed by atoms with van der Waals surface area (Å²) < 4.78 is 25.6. The Hall–Kier alpha value is -1.23. The van der Waals surface area contributed by atoms with E-state index < -0.39 is 14.8 Å². The van der Waals surface area contributed by atoms with Crippen LogP contribution in [-0.4, -0.2) is 13.2 Å². The van der Waals surface area contributed by atoms with Crippen molar-refractivity contribution in [2.45, 2.75) is 32.4 Å². The Balaban J connectivity index is 3.11. The highest BCUT2D eigenvalue weighted by molar-refractivity contribution is 7.94. The van der Waals surface area contributed by atoms with Crippen molar-refractivity contribution in [3.63, 3.8) is 0 Å². The molecule has 0 amide bonds. The predicted octanol–water partition coefficient (Wildman–Crippen LogP) is 2.12. The number of nitrogen functional groups attached to an aromatic ring is 1. The Labute approximate surface area is 96.9 Å². The van der Waals surface area contributed by atoms with Gasteiger partial charge in [-0.1, -0.05) is 6.07 Å². The molecule has 0 radical (unpaired) electrons. The molecule has 0 saturated carbocycles. The minimum Gasteiger partial charge on any atom is -0.399 e. The average Bonchev–Trinajstić information content (AvgIpc) is 2.09. The highest BCUT2D eigenvalue weighted by Crippen LogP contribution is 2.23. The predicted molar refractivity (Wildman–Crippen MR) is 67.9 cm³/mol. The summed E-state index contributed by atoms with van der Waals surface area (Å²) in [6.45, 7) is 6.78. The number of nitrogens with one attached hydrogen (secondary N) is 1. The van der Waals surface area contributed by atoms with Crippen LogP contribution in [0, 0.1) is 6.92 Å². The van der Waals surface area contributed by atoms with E-state index in [1.54, 1.807) is 39.0 Å². The number of anilines is 2. The van der Waals surface area contributed by atoms with Gasteiger partial charge in [0.05, 0.1) is 10.4 Å². The van der Waals surface area contributed by atoms with E-state index in [0.29, 0.717) is 11.4 Å². The first-order chi connectivity index (χ1) is 7.13. The molecule has 0 aliphatic carbocycles. The Morgan fingerprint density at radius 3 is 2.31 bits per heavy atom. The van der Waals surface area contributed by atoms with E-state index in [4.69, 9.17) is 5.73 Å². The highest BCUT2D eigenvalue weighted by atomic mass is 32.2. The summed E-state index contributed by atoms with van der Waals surface area (Å²) in [6, 6.07) is 5.15. The Kier molecular flexibility index (Phi) is 3.19. The Morgan fingerprint density at radius 2 is 1.81 bits per heavy atom. The zero-order valence-electron chi connectivity index (χ0n) is 10.0. The Morgan fingerprint density at radius 1 is 1.25 bits per heavy atom. The summed E-state index contributed by atoms with van der Waals surface area (Å²) in [6.07, 6.45) is 0. The molecule has 0 aliphatic rings. The van der Waals surface area contributed by atoms with Gasteiger partial charge in [-0.05, 0) is 45.4 Å². The van der Waals surface area contributed by atoms with Gasteiger partial charge in [0.15, 0.2) is 0 Å². The Bertz CT molecular complexity index is 487. The van der Waals surface area contributed by atoms with E-state index in [1.807, 2.05) is 6.92 Å². The molecule has 1 rings (SSSR count). The van der Waals surface area contributed by atoms with Crippen LogP contribution in [0.3, 0.4) is 0 Å². The lowest BCUT2D eigenvalue weighted by Crippen LogP contribution is -2.33. The second-order valence-electron chi connectivity index (χ2n) is 4.79. The summed E-state index contributed by atoms with van der Waals surface area (Å²) in [5.74, 6) is 0. The van der Waals surface area contributed by atoms with Crippen LogP contribution in [0.2, 0.25) is 0 Å². The van der Waals surface area contributed by atoms with Gasteiger partial charge in [-0.2, -0.15) is 0 Å². The summed E-state index contributed by atoms with van der Waals surface area (Å²) >= 11 is 0. The lowest BCUT2D eigenvalue weighted by molar-refractivity contribution is 0.566. The first-order valence-corrected chi connectivity index (χ1v) is 6.50. The van der Waals surface area contributed by atoms with Crippen molar-refractivity contribution >= 4 is 21.4 Å². The van der Waals surface area contributed by atoms with E-state index in [-0.39, 0.29) is 0 Å². The average molecular weight is 242 g/mol. The molecule has 0 fully saturated rings. The van der Waals surface area contributed by atoms with Gasteiger partial charge in [-0.25, -0.2) is 8.42 Å². The molecule has 16 heavy (non-hydrogen) atoms. The maximum absolute atomic E-state index is 11.9. The largest absolute Gasteiger partial charge is 0.399 e. The number of aryl methyl sites for hydroxylation is 1. The van der Waals surface area contributed by atoms with E-state index in [1.165, 1.54) is 0 Å². The first kappa shape index (κ1) is 12.8. The molecule has 5 heteroatoms. The lowest BCUT2D eigenvalue weighted by atomic mass is 10.2. The smallest absolute Gasteiger partial charge is 0.237 e. The molecular weight excluding hydrogens is 224 g/mol. The zero-order valence-corrected chi connectivity index (χ0v) is 10.9. The van der Waals surface area contributed by atoms with Crippen LogP contribution in [0.15, 0.2) is 18.2 Å². The van der Waals surface area contributed by atoms with Gasteiger partial charge in [-0.3, -0.25) is 4.72 Å². The third-order valence-corrected chi connectivity index (χ3v) is 4.41. The third kappa shape index (κ3) is 2.66. The molecule has 0 bridgehead atoms. The molecule has 90 valence electrons. The second kappa shape index (κ2) is 3.97. The molecular formula is C11H18N2O2S. The molecule has 0 unspecified atom stereocenters. The zero-order chi connectivity index (χ0) is 12.6. The summed E-state index contributed by atoms with van der Waals surface area (Å²) in [4.78, 5) is 0. The molecule has 0 spiro atoms. The molecule has 0 saturated heterocycles. The normalized spacial score (nSPS) is 12.5. The fourth-order valence-corrected chi connectivity index (χ4v) is 1.86. The van der Waals surface area contributed by atoms with Crippen LogP contribution in [-0.2, 0) is 10.0 Å². The molecule has 0 aliphatic heterocycles. The van der Waals surface area contributed by atoms with Crippen LogP contribution >= 0.6 is 0 Å². The number of hydrogen-bond donors (Lipinski definition) is 2. The maximum atomic E-state index is 11.9. The monoisotopic (exact) mass is 242 g/mol. The van der Waals surface area contributed by atoms with Crippen LogP contribution in [0.1, 0.15) is 26.3 Å². The number of hydrogen-bond acceptors (Lipinski definition) is 3. The van der Waals surface area contributed by atoms with Crippen molar-refractivity contribution in [1.29, 1.82) is 0 Å². The number of rotatable bonds is 2. The molecule has 0 atom stereocenters. The molecule has 0 aromatic heterocycles. The minimum absolute atomic E-state index is 0.537. The summed E-state index contributed by atoms with van der Waals surface area (Å²) in [5.41, 5.74) is 7.55. The summed E-state index contributed by atoms with van der Waals surface area (Å²) in [7, 11) is -3.40. The molecule has 1 aromatic rings. The van der Waals surface area contributed by atoms with Crippen molar-refractivity contribution in [1.82, 2.24) is 0 Å². The second-order valence-corrected chi connectivity index (χ2v) is 7.23. The van der Waals surface area contributed by atoms with E-state index >= 15 is 0 Å². The molecule has 1 aromatic carbocycles. The SMILES string of the molecule is Cc1ccc(N)cc1NS(=O)(=O)C(C)(C)C. The van der Waals surface area contributed by atoms with Crippen LogP contribution in [0.4, 0.5) is 11.4 Å². The van der Waals surface area contributed by atoms with Crippen molar-refractivity contribution in [2.24, 2.45) is 0 Å². The fraction of sp³-hybridized carbons (Fsp3) is 0.455. The quantitative estimate of drug-likeness (QED) is 0.780. The minimum atomic E-state index is -3.40. The third-order valence-electron chi connectivity index (χ3n) is 2.31. The number of nitrogens with two attached hydrogens (primary N) is 1. The summed E-state index contributed by atoms with van der Waals surface area (Å²) in [5, 5.41) is 0. The highest BCUT2D eigenvalue weighted by Gasteiger charge is 2.29. The van der Waals surface area contributed by atoms with Gasteiger partial charge in [0, 0.05) is 5.69 Å². The number of sulfonamides is 1. The fourth-order valence-electron chi connectivity index (χ4n) is 1.05. The van der Waals surface area contributed by atoms with E-state index in [0.717, 1.165) is 5.56 Å². The van der Waals surface area contributed by atoms with Gasteiger partial charge in [-0.15, -0.1) is 0 Å². The van der Waals surface area contributed by atoms with Crippen LogP contribution < -0.4 is 10.5 Å². The van der Waals surface area contributed by atoms with Crippen molar-refractivity contribution in [2.75, 3.05) is 10.5 Å². The number of benzene rings is 1. The van der Waals surface area contributed by atoms with Crippen molar-refractivity contribution in [3.05, 3.63) is 23.8 Å². The van der Waals surface area contributed by atoms with Crippen LogP contribution in [0.5, 0.6) is 0 Å². The standard InChI is InChI=1S/C11H18N2O2S/c1-8-5-6-9(12)7-10(8)13-16(14,15)11(2,3)4/h5-7,13H,12H2,1-4H3. The van der Waals surface area contributed by atoms with Crippen LogP contribution in [0.25, 0.3) is 0 Å². The molecule has 3 N–H and O–H groups in total. The van der Waals surface area contributed by atoms with Crippen molar-refractivity contribution < 1.29 is 8.42 Å². The van der Waals surface area contributed by atoms with Gasteiger partial charge in [0.1, 0.15) is 0 Å². The molecule has 4 nitrogen and oxygen atoms in total. The maximum Gasteiger partial charge on any atom is 0.237 e. The van der Waals surface area contributed by atoms with Gasteiger partial charge >= 0.3 is 0 Å².